The number of rotatable bonds is 9. The molecule has 6 heteroatoms. The van der Waals surface area contributed by atoms with E-state index in [2.05, 4.69) is 4.72 Å². The predicted molar refractivity (Wildman–Crippen MR) is 67.3 cm³/mol. The van der Waals surface area contributed by atoms with Crippen LogP contribution in [0.2, 0.25) is 0 Å². The quantitative estimate of drug-likeness (QED) is 0.592. The Balaban J connectivity index is 3.75. The molecule has 0 aromatic carbocycles. The molecule has 5 nitrogen and oxygen atoms in total. The third kappa shape index (κ3) is 6.42. The second-order valence-corrected chi connectivity index (χ2v) is 6.03. The zero-order valence-corrected chi connectivity index (χ0v) is 11.4. The minimum atomic E-state index is -3.29. The lowest BCUT2D eigenvalue weighted by atomic mass is 10.2. The third-order valence-corrected chi connectivity index (χ3v) is 4.27. The molecule has 0 aliphatic rings. The van der Waals surface area contributed by atoms with Crippen LogP contribution in [-0.2, 0) is 10.2 Å². The number of nitrogens with one attached hydrogen (secondary N) is 1. The monoisotopic (exact) mass is 251 g/mol. The van der Waals surface area contributed by atoms with Gasteiger partial charge in [0, 0.05) is 19.6 Å². The van der Waals surface area contributed by atoms with Crippen molar-refractivity contribution in [1.82, 2.24) is 9.03 Å². The molecule has 0 aliphatic heterocycles. The maximum Gasteiger partial charge on any atom is 0.279 e. The fourth-order valence-corrected chi connectivity index (χ4v) is 2.36. The van der Waals surface area contributed by atoms with Gasteiger partial charge in [0.25, 0.3) is 10.2 Å². The standard InChI is InChI=1S/C10H25N3O2S/c1-10(2)13(3)16(14,15)12-9-7-5-4-6-8-11/h10,12H,4-9,11H2,1-3H3. The van der Waals surface area contributed by atoms with Gasteiger partial charge in [-0.15, -0.1) is 0 Å². The first-order valence-corrected chi connectivity index (χ1v) is 7.28. The van der Waals surface area contributed by atoms with Crippen LogP contribution in [0.25, 0.3) is 0 Å². The first-order valence-electron chi connectivity index (χ1n) is 5.84. The van der Waals surface area contributed by atoms with Crippen molar-refractivity contribution in [3.63, 3.8) is 0 Å². The second-order valence-electron chi connectivity index (χ2n) is 4.21. The lowest BCUT2D eigenvalue weighted by Gasteiger charge is -2.21. The van der Waals surface area contributed by atoms with Gasteiger partial charge in [-0.1, -0.05) is 12.8 Å². The van der Waals surface area contributed by atoms with E-state index in [0.29, 0.717) is 13.1 Å². The van der Waals surface area contributed by atoms with Crippen molar-refractivity contribution in [2.45, 2.75) is 45.6 Å². The molecule has 0 fully saturated rings. The molecule has 16 heavy (non-hydrogen) atoms. The third-order valence-electron chi connectivity index (χ3n) is 2.52. The number of hydrogen-bond acceptors (Lipinski definition) is 3. The highest BCUT2D eigenvalue weighted by atomic mass is 32.2. The van der Waals surface area contributed by atoms with Gasteiger partial charge in [0.05, 0.1) is 0 Å². The lowest BCUT2D eigenvalue weighted by molar-refractivity contribution is 0.402. The molecular weight excluding hydrogens is 226 g/mol. The van der Waals surface area contributed by atoms with Gasteiger partial charge in [-0.25, -0.2) is 4.72 Å². The Morgan fingerprint density at radius 3 is 2.25 bits per heavy atom. The summed E-state index contributed by atoms with van der Waals surface area (Å²) in [4.78, 5) is 0. The molecule has 0 aliphatic carbocycles. The Kier molecular flexibility index (Phi) is 7.91. The summed E-state index contributed by atoms with van der Waals surface area (Å²) in [5.74, 6) is 0. The fourth-order valence-electron chi connectivity index (χ4n) is 1.20. The molecule has 0 saturated heterocycles. The van der Waals surface area contributed by atoms with E-state index in [9.17, 15) is 8.42 Å². The highest BCUT2D eigenvalue weighted by molar-refractivity contribution is 7.87. The maximum absolute atomic E-state index is 11.7. The van der Waals surface area contributed by atoms with E-state index in [1.807, 2.05) is 13.8 Å². The maximum atomic E-state index is 11.7. The molecule has 0 bridgehead atoms. The topological polar surface area (TPSA) is 75.4 Å². The van der Waals surface area contributed by atoms with Crippen molar-refractivity contribution >= 4 is 10.2 Å². The molecule has 0 radical (unpaired) electrons. The molecule has 0 aromatic heterocycles. The van der Waals surface area contributed by atoms with E-state index < -0.39 is 10.2 Å². The molecular formula is C10H25N3O2S. The molecule has 0 aromatic rings. The minimum Gasteiger partial charge on any atom is -0.330 e. The van der Waals surface area contributed by atoms with Crippen LogP contribution in [-0.4, -0.2) is 38.9 Å². The van der Waals surface area contributed by atoms with Gasteiger partial charge in [-0.05, 0) is 33.2 Å². The summed E-state index contributed by atoms with van der Waals surface area (Å²) in [7, 11) is -1.71. The number of nitrogens with two attached hydrogens (primary N) is 1. The van der Waals surface area contributed by atoms with Gasteiger partial charge < -0.3 is 5.73 Å². The molecule has 3 N–H and O–H groups in total. The average molecular weight is 251 g/mol. The smallest absolute Gasteiger partial charge is 0.279 e. The zero-order valence-electron chi connectivity index (χ0n) is 10.6. The summed E-state index contributed by atoms with van der Waals surface area (Å²) in [6, 6.07) is -0.0188. The number of unbranched alkanes of at least 4 members (excludes halogenated alkanes) is 3. The van der Waals surface area contributed by atoms with E-state index in [1.165, 1.54) is 4.31 Å². The second kappa shape index (κ2) is 8.00. The average Bonchev–Trinajstić information content (AvgIpc) is 2.22. The van der Waals surface area contributed by atoms with Crippen molar-refractivity contribution in [2.24, 2.45) is 5.73 Å². The summed E-state index contributed by atoms with van der Waals surface area (Å²) in [5.41, 5.74) is 5.37. The Labute approximate surface area is 99.6 Å². The fraction of sp³-hybridized carbons (Fsp3) is 1.00. The van der Waals surface area contributed by atoms with Gasteiger partial charge >= 0.3 is 0 Å². The van der Waals surface area contributed by atoms with Crippen molar-refractivity contribution in [3.8, 4) is 0 Å². The Morgan fingerprint density at radius 1 is 1.19 bits per heavy atom. The number of nitrogens with zero attached hydrogens (tertiary/aromatic N) is 1. The van der Waals surface area contributed by atoms with Crippen LogP contribution in [0.4, 0.5) is 0 Å². The van der Waals surface area contributed by atoms with E-state index >= 15 is 0 Å². The first-order chi connectivity index (χ1) is 7.41. The molecule has 0 atom stereocenters. The van der Waals surface area contributed by atoms with Gasteiger partial charge in [-0.3, -0.25) is 0 Å². The minimum absolute atomic E-state index is 0.0188. The Morgan fingerprint density at radius 2 is 1.75 bits per heavy atom. The van der Waals surface area contributed by atoms with Gasteiger partial charge in [-0.2, -0.15) is 12.7 Å². The normalized spacial score (nSPS) is 12.6. The molecule has 0 heterocycles. The highest BCUT2D eigenvalue weighted by Crippen LogP contribution is 2.02. The Hall–Kier alpha value is -0.170. The van der Waals surface area contributed by atoms with Gasteiger partial charge in [0.15, 0.2) is 0 Å². The molecule has 0 rings (SSSR count). The molecule has 0 unspecified atom stereocenters. The highest BCUT2D eigenvalue weighted by Gasteiger charge is 2.18. The van der Waals surface area contributed by atoms with Crippen LogP contribution in [0.5, 0.6) is 0 Å². The molecule has 0 saturated carbocycles. The summed E-state index contributed by atoms with van der Waals surface area (Å²) in [5, 5.41) is 0. The van der Waals surface area contributed by atoms with Crippen molar-refractivity contribution in [1.29, 1.82) is 0 Å². The van der Waals surface area contributed by atoms with E-state index in [1.54, 1.807) is 7.05 Å². The first kappa shape index (κ1) is 15.8. The van der Waals surface area contributed by atoms with Crippen molar-refractivity contribution in [3.05, 3.63) is 0 Å². The van der Waals surface area contributed by atoms with E-state index in [4.69, 9.17) is 5.73 Å². The predicted octanol–water partition coefficient (Wildman–Crippen LogP) is 0.680. The van der Waals surface area contributed by atoms with Crippen molar-refractivity contribution < 1.29 is 8.42 Å². The van der Waals surface area contributed by atoms with Crippen LogP contribution in [0.3, 0.4) is 0 Å². The SMILES string of the molecule is CC(C)N(C)S(=O)(=O)NCCCCCCN. The summed E-state index contributed by atoms with van der Waals surface area (Å²) in [6.45, 7) is 4.91. The van der Waals surface area contributed by atoms with Gasteiger partial charge in [0.2, 0.25) is 0 Å². The van der Waals surface area contributed by atoms with Crippen LogP contribution in [0.15, 0.2) is 0 Å². The largest absolute Gasteiger partial charge is 0.330 e. The van der Waals surface area contributed by atoms with Crippen LogP contribution < -0.4 is 10.5 Å². The van der Waals surface area contributed by atoms with Crippen LogP contribution in [0, 0.1) is 0 Å². The summed E-state index contributed by atoms with van der Waals surface area (Å²) >= 11 is 0. The molecule has 0 amide bonds. The number of hydrogen-bond donors (Lipinski definition) is 2. The Bertz CT molecular complexity index is 265. The van der Waals surface area contributed by atoms with E-state index in [-0.39, 0.29) is 6.04 Å². The van der Waals surface area contributed by atoms with Crippen molar-refractivity contribution in [2.75, 3.05) is 20.1 Å². The lowest BCUT2D eigenvalue weighted by Crippen LogP contribution is -2.42. The van der Waals surface area contributed by atoms with E-state index in [0.717, 1.165) is 25.7 Å². The molecule has 0 spiro atoms. The molecule has 98 valence electrons. The van der Waals surface area contributed by atoms with Crippen LogP contribution >= 0.6 is 0 Å². The van der Waals surface area contributed by atoms with Gasteiger partial charge in [0.1, 0.15) is 0 Å². The zero-order chi connectivity index (χ0) is 12.6. The summed E-state index contributed by atoms with van der Waals surface area (Å²) < 4.78 is 27.2. The van der Waals surface area contributed by atoms with Crippen LogP contribution in [0.1, 0.15) is 39.5 Å². The summed E-state index contributed by atoms with van der Waals surface area (Å²) in [6.07, 6.45) is 3.97.